The van der Waals surface area contributed by atoms with E-state index in [4.69, 9.17) is 16.6 Å². The zero-order valence-corrected chi connectivity index (χ0v) is 12.1. The zero-order chi connectivity index (χ0) is 14.4. The molecule has 0 aliphatic heterocycles. The normalized spacial score (nSPS) is 24.8. The Morgan fingerprint density at radius 1 is 1.24 bits per heavy atom. The standard InChI is InChI=1S/C16H21N5/c17-8-10-6-12(7-10)21-9-13(16(20-21)11-4-5-11)14-2-1-3-15(18)19-14/h1-3,9-12H,4-8,17H2,(H2,18,19). The summed E-state index contributed by atoms with van der Waals surface area (Å²) in [6.07, 6.45) is 6.93. The summed E-state index contributed by atoms with van der Waals surface area (Å²) in [6, 6.07) is 6.31. The van der Waals surface area contributed by atoms with Crippen molar-refractivity contribution in [2.75, 3.05) is 12.3 Å². The van der Waals surface area contributed by atoms with Crippen LogP contribution in [0.15, 0.2) is 24.4 Å². The van der Waals surface area contributed by atoms with Gasteiger partial charge in [0.1, 0.15) is 5.82 Å². The summed E-state index contributed by atoms with van der Waals surface area (Å²) in [6.45, 7) is 0.789. The van der Waals surface area contributed by atoms with Crippen LogP contribution >= 0.6 is 0 Å². The molecule has 2 aliphatic rings. The van der Waals surface area contributed by atoms with Gasteiger partial charge in [-0.15, -0.1) is 0 Å². The molecule has 0 aromatic carbocycles. The summed E-state index contributed by atoms with van der Waals surface area (Å²) in [5, 5.41) is 4.86. The van der Waals surface area contributed by atoms with Gasteiger partial charge < -0.3 is 11.5 Å². The molecule has 21 heavy (non-hydrogen) atoms. The van der Waals surface area contributed by atoms with Crippen LogP contribution in [0.4, 0.5) is 5.82 Å². The quantitative estimate of drug-likeness (QED) is 0.902. The summed E-state index contributed by atoms with van der Waals surface area (Å²) in [5.74, 6) is 1.83. The molecule has 4 N–H and O–H groups in total. The van der Waals surface area contributed by atoms with Crippen molar-refractivity contribution < 1.29 is 0 Å². The van der Waals surface area contributed by atoms with Crippen LogP contribution in [0.5, 0.6) is 0 Å². The van der Waals surface area contributed by atoms with Gasteiger partial charge in [-0.05, 0) is 50.3 Å². The highest BCUT2D eigenvalue weighted by Crippen LogP contribution is 2.45. The molecule has 0 amide bonds. The molecule has 110 valence electrons. The lowest BCUT2D eigenvalue weighted by Gasteiger charge is -2.34. The Bertz CT molecular complexity index is 652. The Labute approximate surface area is 124 Å². The monoisotopic (exact) mass is 283 g/mol. The third-order valence-corrected chi connectivity index (χ3v) is 4.69. The van der Waals surface area contributed by atoms with E-state index in [-0.39, 0.29) is 0 Å². The van der Waals surface area contributed by atoms with Crippen LogP contribution in [0.2, 0.25) is 0 Å². The predicted octanol–water partition coefficient (Wildman–Crippen LogP) is 2.31. The molecular formula is C16H21N5. The minimum absolute atomic E-state index is 0.505. The van der Waals surface area contributed by atoms with Gasteiger partial charge in [-0.1, -0.05) is 6.07 Å². The number of nitrogens with zero attached hydrogens (tertiary/aromatic N) is 3. The average molecular weight is 283 g/mol. The third-order valence-electron chi connectivity index (χ3n) is 4.69. The van der Waals surface area contributed by atoms with Crippen molar-refractivity contribution in [2.24, 2.45) is 11.7 Å². The highest BCUT2D eigenvalue weighted by Gasteiger charge is 2.34. The van der Waals surface area contributed by atoms with E-state index >= 15 is 0 Å². The van der Waals surface area contributed by atoms with Crippen LogP contribution in [0, 0.1) is 5.92 Å². The van der Waals surface area contributed by atoms with Gasteiger partial charge in [0, 0.05) is 17.7 Å². The molecule has 2 saturated carbocycles. The van der Waals surface area contributed by atoms with Crippen LogP contribution in [0.3, 0.4) is 0 Å². The van der Waals surface area contributed by atoms with Crippen LogP contribution < -0.4 is 11.5 Å². The average Bonchev–Trinajstić information content (AvgIpc) is 3.18. The topological polar surface area (TPSA) is 82.8 Å². The van der Waals surface area contributed by atoms with Gasteiger partial charge in [-0.25, -0.2) is 4.98 Å². The first-order chi connectivity index (χ1) is 10.2. The molecule has 5 heteroatoms. The lowest BCUT2D eigenvalue weighted by molar-refractivity contribution is 0.189. The number of hydrogen-bond acceptors (Lipinski definition) is 4. The first-order valence-corrected chi connectivity index (χ1v) is 7.76. The van der Waals surface area contributed by atoms with E-state index in [1.54, 1.807) is 0 Å². The molecule has 2 aliphatic carbocycles. The zero-order valence-electron chi connectivity index (χ0n) is 12.1. The van der Waals surface area contributed by atoms with Crippen LogP contribution in [-0.2, 0) is 0 Å². The molecule has 2 aromatic rings. The number of nitrogen functional groups attached to an aromatic ring is 1. The fourth-order valence-electron chi connectivity index (χ4n) is 3.16. The lowest BCUT2D eigenvalue weighted by atomic mass is 9.80. The summed E-state index contributed by atoms with van der Waals surface area (Å²) in [5.41, 5.74) is 14.8. The molecule has 0 atom stereocenters. The minimum Gasteiger partial charge on any atom is -0.384 e. The highest BCUT2D eigenvalue weighted by atomic mass is 15.3. The summed E-state index contributed by atoms with van der Waals surface area (Å²) < 4.78 is 2.14. The second-order valence-electron chi connectivity index (χ2n) is 6.36. The fourth-order valence-corrected chi connectivity index (χ4v) is 3.16. The number of nitrogens with two attached hydrogens (primary N) is 2. The number of anilines is 1. The second-order valence-corrected chi connectivity index (χ2v) is 6.36. The molecular weight excluding hydrogens is 262 g/mol. The van der Waals surface area contributed by atoms with E-state index in [2.05, 4.69) is 15.9 Å². The molecule has 0 saturated heterocycles. The van der Waals surface area contributed by atoms with E-state index in [1.807, 2.05) is 18.2 Å². The molecule has 0 radical (unpaired) electrons. The Kier molecular flexibility index (Phi) is 2.96. The van der Waals surface area contributed by atoms with Crippen molar-refractivity contribution in [3.63, 3.8) is 0 Å². The predicted molar refractivity (Wildman–Crippen MR) is 82.7 cm³/mol. The first kappa shape index (κ1) is 12.8. The van der Waals surface area contributed by atoms with Crippen LogP contribution in [-0.4, -0.2) is 21.3 Å². The Morgan fingerprint density at radius 3 is 2.71 bits per heavy atom. The SMILES string of the molecule is NCC1CC(n2cc(-c3cccc(N)n3)c(C3CC3)n2)C1. The number of pyridine rings is 1. The Hall–Kier alpha value is -1.88. The van der Waals surface area contributed by atoms with Crippen LogP contribution in [0.1, 0.15) is 43.3 Å². The highest BCUT2D eigenvalue weighted by molar-refractivity contribution is 5.64. The molecule has 0 bridgehead atoms. The maximum Gasteiger partial charge on any atom is 0.124 e. The second kappa shape index (κ2) is 4.84. The van der Waals surface area contributed by atoms with Crippen LogP contribution in [0.25, 0.3) is 11.3 Å². The third kappa shape index (κ3) is 2.31. The molecule has 2 fully saturated rings. The smallest absolute Gasteiger partial charge is 0.124 e. The largest absolute Gasteiger partial charge is 0.384 e. The fraction of sp³-hybridized carbons (Fsp3) is 0.500. The van der Waals surface area contributed by atoms with Gasteiger partial charge in [0.2, 0.25) is 0 Å². The molecule has 5 nitrogen and oxygen atoms in total. The van der Waals surface area contributed by atoms with E-state index in [1.165, 1.54) is 18.5 Å². The molecule has 2 heterocycles. The van der Waals surface area contributed by atoms with E-state index in [0.717, 1.165) is 30.6 Å². The number of hydrogen-bond donors (Lipinski definition) is 2. The van der Waals surface area contributed by atoms with Gasteiger partial charge in [0.15, 0.2) is 0 Å². The van der Waals surface area contributed by atoms with E-state index in [0.29, 0.717) is 23.7 Å². The van der Waals surface area contributed by atoms with Crippen molar-refractivity contribution >= 4 is 5.82 Å². The molecule has 2 aromatic heterocycles. The number of aromatic nitrogens is 3. The number of rotatable bonds is 4. The first-order valence-electron chi connectivity index (χ1n) is 7.76. The molecule has 0 unspecified atom stereocenters. The van der Waals surface area contributed by atoms with Gasteiger partial charge in [0.05, 0.1) is 17.4 Å². The maximum atomic E-state index is 5.83. The van der Waals surface area contributed by atoms with Gasteiger partial charge in [-0.2, -0.15) is 5.10 Å². The van der Waals surface area contributed by atoms with E-state index in [9.17, 15) is 0 Å². The van der Waals surface area contributed by atoms with Crippen molar-refractivity contribution in [1.82, 2.24) is 14.8 Å². The summed E-state index contributed by atoms with van der Waals surface area (Å²) >= 11 is 0. The van der Waals surface area contributed by atoms with Gasteiger partial charge in [-0.3, -0.25) is 4.68 Å². The van der Waals surface area contributed by atoms with Crippen molar-refractivity contribution in [2.45, 2.75) is 37.6 Å². The van der Waals surface area contributed by atoms with Crippen molar-refractivity contribution in [1.29, 1.82) is 0 Å². The Balaban J connectivity index is 1.68. The van der Waals surface area contributed by atoms with E-state index < -0.39 is 0 Å². The van der Waals surface area contributed by atoms with Gasteiger partial charge >= 0.3 is 0 Å². The van der Waals surface area contributed by atoms with Crippen molar-refractivity contribution in [3.8, 4) is 11.3 Å². The molecule has 4 rings (SSSR count). The maximum absolute atomic E-state index is 5.83. The molecule has 0 spiro atoms. The lowest BCUT2D eigenvalue weighted by Crippen LogP contribution is -2.32. The Morgan fingerprint density at radius 2 is 2.05 bits per heavy atom. The summed E-state index contributed by atoms with van der Waals surface area (Å²) in [4.78, 5) is 4.47. The van der Waals surface area contributed by atoms with Crippen molar-refractivity contribution in [3.05, 3.63) is 30.1 Å². The minimum atomic E-state index is 0.505. The van der Waals surface area contributed by atoms with Gasteiger partial charge in [0.25, 0.3) is 0 Å². The summed E-state index contributed by atoms with van der Waals surface area (Å²) in [7, 11) is 0.